The second kappa shape index (κ2) is 7.99. The number of esters is 1. The molecule has 0 bridgehead atoms. The summed E-state index contributed by atoms with van der Waals surface area (Å²) in [6.07, 6.45) is 0. The minimum absolute atomic E-state index is 0.0673. The molecule has 0 saturated heterocycles. The summed E-state index contributed by atoms with van der Waals surface area (Å²) in [5, 5.41) is 23.6. The molecule has 0 fully saturated rings. The number of nitro benzene ring substituents is 2. The van der Waals surface area contributed by atoms with Gasteiger partial charge in [0, 0.05) is 23.8 Å². The van der Waals surface area contributed by atoms with Crippen molar-refractivity contribution in [1.82, 2.24) is 0 Å². The molecule has 0 atom stereocenters. The maximum atomic E-state index is 13.6. The molecule has 0 radical (unpaired) electrons. The Bertz CT molecular complexity index is 946. The van der Waals surface area contributed by atoms with Gasteiger partial charge >= 0.3 is 5.97 Å². The van der Waals surface area contributed by atoms with Gasteiger partial charge < -0.3 is 10.1 Å². The normalized spacial score (nSPS) is 10.1. The molecule has 2 aromatic rings. The van der Waals surface area contributed by atoms with Gasteiger partial charge in [0.25, 0.3) is 17.3 Å². The Hall–Kier alpha value is -3.89. The lowest BCUT2D eigenvalue weighted by atomic mass is 10.1. The molecule has 0 spiro atoms. The van der Waals surface area contributed by atoms with Gasteiger partial charge in [-0.25, -0.2) is 9.18 Å². The van der Waals surface area contributed by atoms with Crippen LogP contribution in [0.3, 0.4) is 0 Å². The number of benzene rings is 2. The van der Waals surface area contributed by atoms with Crippen LogP contribution in [0.25, 0.3) is 0 Å². The molecule has 1 amide bonds. The van der Waals surface area contributed by atoms with Gasteiger partial charge in [0.2, 0.25) is 0 Å². The van der Waals surface area contributed by atoms with Crippen LogP contribution in [0.2, 0.25) is 0 Å². The van der Waals surface area contributed by atoms with E-state index in [0.29, 0.717) is 0 Å². The third-order valence-corrected chi connectivity index (χ3v) is 3.49. The number of hydrogen-bond acceptors (Lipinski definition) is 7. The smallest absolute Gasteiger partial charge is 0.339 e. The fourth-order valence-corrected chi connectivity index (χ4v) is 2.16. The zero-order chi connectivity index (χ0) is 20.1. The van der Waals surface area contributed by atoms with Gasteiger partial charge in [0.1, 0.15) is 5.82 Å². The molecule has 0 aliphatic heterocycles. The van der Waals surface area contributed by atoms with Crippen LogP contribution in [0.5, 0.6) is 0 Å². The first-order valence-electron chi connectivity index (χ1n) is 7.35. The van der Waals surface area contributed by atoms with Crippen molar-refractivity contribution in [1.29, 1.82) is 0 Å². The summed E-state index contributed by atoms with van der Waals surface area (Å²) < 4.78 is 18.4. The largest absolute Gasteiger partial charge is 0.452 e. The molecule has 0 heterocycles. The number of nitro groups is 2. The number of halogens is 1. The number of carbonyl (C=O) groups is 2. The quantitative estimate of drug-likeness (QED) is 0.463. The third kappa shape index (κ3) is 4.60. The molecule has 11 heteroatoms. The number of ether oxygens (including phenoxy) is 1. The second-order valence-corrected chi connectivity index (χ2v) is 5.25. The SMILES string of the molecule is Cc1c(C(=O)OCC(=O)Nc2cc([N+](=O)[O-])ccc2F)cccc1[N+](=O)[O-]. The van der Waals surface area contributed by atoms with E-state index in [0.717, 1.165) is 18.2 Å². The summed E-state index contributed by atoms with van der Waals surface area (Å²) in [5.74, 6) is -2.83. The topological polar surface area (TPSA) is 142 Å². The highest BCUT2D eigenvalue weighted by Crippen LogP contribution is 2.22. The summed E-state index contributed by atoms with van der Waals surface area (Å²) in [5.41, 5.74) is -1.20. The number of nitrogens with zero attached hydrogens (tertiary/aromatic N) is 2. The third-order valence-electron chi connectivity index (χ3n) is 3.49. The zero-order valence-corrected chi connectivity index (χ0v) is 13.8. The molecular weight excluding hydrogens is 365 g/mol. The summed E-state index contributed by atoms with van der Waals surface area (Å²) in [4.78, 5) is 44.0. The minimum Gasteiger partial charge on any atom is -0.452 e. The molecule has 0 aliphatic carbocycles. The van der Waals surface area contributed by atoms with E-state index < -0.39 is 45.5 Å². The number of anilines is 1. The number of non-ortho nitro benzene ring substituents is 1. The number of hydrogen-bond donors (Lipinski definition) is 1. The molecule has 0 saturated carbocycles. The zero-order valence-electron chi connectivity index (χ0n) is 13.8. The molecule has 0 aliphatic rings. The van der Waals surface area contributed by atoms with Gasteiger partial charge in [-0.1, -0.05) is 6.07 Å². The van der Waals surface area contributed by atoms with Gasteiger partial charge in [-0.2, -0.15) is 0 Å². The first kappa shape index (κ1) is 19.4. The average molecular weight is 377 g/mol. The molecular formula is C16H12FN3O7. The highest BCUT2D eigenvalue weighted by atomic mass is 19.1. The molecule has 140 valence electrons. The number of rotatable bonds is 6. The van der Waals surface area contributed by atoms with Gasteiger partial charge in [-0.15, -0.1) is 0 Å². The average Bonchev–Trinajstić information content (AvgIpc) is 2.61. The predicted octanol–water partition coefficient (Wildman–Crippen LogP) is 2.75. The number of amides is 1. The van der Waals surface area contributed by atoms with E-state index in [1.54, 1.807) is 0 Å². The van der Waals surface area contributed by atoms with Crippen LogP contribution in [0.4, 0.5) is 21.5 Å². The van der Waals surface area contributed by atoms with Crippen LogP contribution in [0.1, 0.15) is 15.9 Å². The molecule has 1 N–H and O–H groups in total. The summed E-state index contributed by atoms with van der Waals surface area (Å²) in [6.45, 7) is 0.538. The Balaban J connectivity index is 2.05. The van der Waals surface area contributed by atoms with E-state index in [2.05, 4.69) is 5.32 Å². The van der Waals surface area contributed by atoms with Crippen molar-refractivity contribution in [2.24, 2.45) is 0 Å². The summed E-state index contributed by atoms with van der Waals surface area (Å²) in [7, 11) is 0. The van der Waals surface area contributed by atoms with Crippen molar-refractivity contribution in [3.8, 4) is 0 Å². The first-order chi connectivity index (χ1) is 12.7. The van der Waals surface area contributed by atoms with E-state index in [-0.39, 0.29) is 16.8 Å². The molecule has 10 nitrogen and oxygen atoms in total. The fraction of sp³-hybridized carbons (Fsp3) is 0.125. The van der Waals surface area contributed by atoms with Crippen LogP contribution < -0.4 is 5.32 Å². The van der Waals surface area contributed by atoms with Crippen LogP contribution in [0, 0.1) is 33.0 Å². The van der Waals surface area contributed by atoms with Crippen molar-refractivity contribution in [2.45, 2.75) is 6.92 Å². The monoisotopic (exact) mass is 377 g/mol. The lowest BCUT2D eigenvalue weighted by Gasteiger charge is -2.09. The maximum absolute atomic E-state index is 13.6. The Morgan fingerprint density at radius 2 is 1.85 bits per heavy atom. The van der Waals surface area contributed by atoms with Crippen molar-refractivity contribution >= 4 is 28.9 Å². The van der Waals surface area contributed by atoms with Gasteiger partial charge in [0.05, 0.1) is 21.1 Å². The number of carbonyl (C=O) groups excluding carboxylic acids is 2. The van der Waals surface area contributed by atoms with E-state index in [9.17, 15) is 34.2 Å². The molecule has 0 unspecified atom stereocenters. The van der Waals surface area contributed by atoms with Crippen LogP contribution in [-0.4, -0.2) is 28.3 Å². The van der Waals surface area contributed by atoms with E-state index in [1.165, 1.54) is 25.1 Å². The van der Waals surface area contributed by atoms with E-state index >= 15 is 0 Å². The van der Waals surface area contributed by atoms with Crippen LogP contribution in [0.15, 0.2) is 36.4 Å². The molecule has 27 heavy (non-hydrogen) atoms. The van der Waals surface area contributed by atoms with Gasteiger partial charge in [-0.05, 0) is 19.1 Å². The Kier molecular flexibility index (Phi) is 5.75. The lowest BCUT2D eigenvalue weighted by Crippen LogP contribution is -2.22. The number of nitrogens with one attached hydrogen (secondary N) is 1. The lowest BCUT2D eigenvalue weighted by molar-refractivity contribution is -0.385. The van der Waals surface area contributed by atoms with Crippen molar-refractivity contribution in [3.63, 3.8) is 0 Å². The molecule has 0 aromatic heterocycles. The first-order valence-corrected chi connectivity index (χ1v) is 7.35. The summed E-state index contributed by atoms with van der Waals surface area (Å²) in [6, 6.07) is 6.36. The van der Waals surface area contributed by atoms with Gasteiger partial charge in [0.15, 0.2) is 6.61 Å². The maximum Gasteiger partial charge on any atom is 0.339 e. The minimum atomic E-state index is -0.981. The van der Waals surface area contributed by atoms with Crippen molar-refractivity contribution in [3.05, 3.63) is 73.6 Å². The predicted molar refractivity (Wildman–Crippen MR) is 89.8 cm³/mol. The standard InChI is InChI=1S/C16H12FN3O7/c1-9-11(3-2-4-14(9)20(25)26)16(22)27-8-15(21)18-13-7-10(19(23)24)5-6-12(13)17/h2-7H,8H2,1H3,(H,18,21). The molecule has 2 rings (SSSR count). The van der Waals surface area contributed by atoms with E-state index in [4.69, 9.17) is 4.74 Å². The Morgan fingerprint density at radius 1 is 1.15 bits per heavy atom. The van der Waals surface area contributed by atoms with Crippen LogP contribution >= 0.6 is 0 Å². The second-order valence-electron chi connectivity index (χ2n) is 5.25. The Labute approximate surface area is 150 Å². The van der Waals surface area contributed by atoms with Crippen molar-refractivity contribution in [2.75, 3.05) is 11.9 Å². The highest BCUT2D eigenvalue weighted by Gasteiger charge is 2.20. The Morgan fingerprint density at radius 3 is 2.48 bits per heavy atom. The van der Waals surface area contributed by atoms with E-state index in [1.807, 2.05) is 0 Å². The fourth-order valence-electron chi connectivity index (χ4n) is 2.16. The van der Waals surface area contributed by atoms with Gasteiger partial charge in [-0.3, -0.25) is 25.0 Å². The van der Waals surface area contributed by atoms with Crippen LogP contribution in [-0.2, 0) is 9.53 Å². The van der Waals surface area contributed by atoms with Crippen molar-refractivity contribution < 1.29 is 28.6 Å². The summed E-state index contributed by atoms with van der Waals surface area (Å²) >= 11 is 0. The molecule has 2 aromatic carbocycles. The highest BCUT2D eigenvalue weighted by molar-refractivity contribution is 5.96.